The first-order valence-electron chi connectivity index (χ1n) is 11.3. The normalized spacial score (nSPS) is 15.1. The Kier molecular flexibility index (Phi) is 7.18. The van der Waals surface area contributed by atoms with Gasteiger partial charge in [-0.25, -0.2) is 9.18 Å². The maximum Gasteiger partial charge on any atom is 0.350 e. The summed E-state index contributed by atoms with van der Waals surface area (Å²) in [7, 11) is 1.61. The quantitative estimate of drug-likeness (QED) is 0.655. The van der Waals surface area contributed by atoms with Crippen LogP contribution in [0.15, 0.2) is 16.9 Å². The minimum atomic E-state index is -0.693. The number of hydrogen-bond donors (Lipinski definition) is 1. The van der Waals surface area contributed by atoms with E-state index < -0.39 is 11.5 Å². The summed E-state index contributed by atoms with van der Waals surface area (Å²) in [5.41, 5.74) is -0.322. The zero-order valence-electron chi connectivity index (χ0n) is 19.1. The standard InChI is InChI=1S/C23H33FN4O3/c1-6-16(7-2)25-22(29)17-12-18(24)19(28-23(30)27(5)21(8-3)26-28)13-20(17)31-14(4)15-10-9-11-15/h12-16H,6-11H2,1-5H3,(H,25,29). The van der Waals surface area contributed by atoms with E-state index in [0.29, 0.717) is 18.2 Å². The third-order valence-electron chi connectivity index (χ3n) is 6.36. The van der Waals surface area contributed by atoms with Crippen molar-refractivity contribution in [2.75, 3.05) is 0 Å². The van der Waals surface area contributed by atoms with Crippen LogP contribution >= 0.6 is 0 Å². The molecule has 1 aromatic heterocycles. The molecular formula is C23H33FN4O3. The first-order chi connectivity index (χ1) is 14.8. The van der Waals surface area contributed by atoms with Gasteiger partial charge in [-0.15, -0.1) is 5.10 Å². The molecule has 8 heteroatoms. The second-order valence-corrected chi connectivity index (χ2v) is 8.32. The minimum absolute atomic E-state index is 0.00216. The Labute approximate surface area is 182 Å². The van der Waals surface area contributed by atoms with Crippen molar-refractivity contribution >= 4 is 5.91 Å². The monoisotopic (exact) mass is 432 g/mol. The molecule has 0 bridgehead atoms. The van der Waals surface area contributed by atoms with Crippen LogP contribution in [0.1, 0.15) is 76.0 Å². The van der Waals surface area contributed by atoms with Crippen molar-refractivity contribution in [3.63, 3.8) is 0 Å². The van der Waals surface area contributed by atoms with E-state index in [1.165, 1.54) is 10.6 Å². The summed E-state index contributed by atoms with van der Waals surface area (Å²) >= 11 is 0. The third-order valence-corrected chi connectivity index (χ3v) is 6.36. The summed E-state index contributed by atoms with van der Waals surface area (Å²) < 4.78 is 23.7. The smallest absolute Gasteiger partial charge is 0.350 e. The highest BCUT2D eigenvalue weighted by Gasteiger charge is 2.28. The zero-order valence-corrected chi connectivity index (χ0v) is 19.1. The van der Waals surface area contributed by atoms with Gasteiger partial charge in [0.05, 0.1) is 11.7 Å². The molecule has 1 N–H and O–H groups in total. The molecule has 1 aromatic carbocycles. The predicted molar refractivity (Wildman–Crippen MR) is 117 cm³/mol. The molecule has 0 aliphatic heterocycles. The van der Waals surface area contributed by atoms with Gasteiger partial charge in [0, 0.05) is 25.6 Å². The Morgan fingerprint density at radius 3 is 2.48 bits per heavy atom. The summed E-state index contributed by atoms with van der Waals surface area (Å²) in [5, 5.41) is 7.21. The summed E-state index contributed by atoms with van der Waals surface area (Å²) in [6.07, 6.45) is 5.30. The van der Waals surface area contributed by atoms with Crippen LogP contribution in [0.2, 0.25) is 0 Å². The number of benzene rings is 1. The van der Waals surface area contributed by atoms with Gasteiger partial charge in [0.1, 0.15) is 23.1 Å². The maximum atomic E-state index is 15.1. The Morgan fingerprint density at radius 1 is 1.29 bits per heavy atom. The van der Waals surface area contributed by atoms with Gasteiger partial charge in [-0.1, -0.05) is 27.2 Å². The van der Waals surface area contributed by atoms with Gasteiger partial charge in [0.2, 0.25) is 0 Å². The molecule has 170 valence electrons. The van der Waals surface area contributed by atoms with E-state index in [4.69, 9.17) is 4.74 Å². The Hall–Kier alpha value is -2.64. The number of aromatic nitrogens is 3. The van der Waals surface area contributed by atoms with E-state index in [0.717, 1.165) is 42.9 Å². The molecule has 1 atom stereocenters. The fourth-order valence-corrected chi connectivity index (χ4v) is 3.88. The van der Waals surface area contributed by atoms with Crippen molar-refractivity contribution in [2.24, 2.45) is 13.0 Å². The van der Waals surface area contributed by atoms with E-state index in [2.05, 4.69) is 10.4 Å². The highest BCUT2D eigenvalue weighted by atomic mass is 19.1. The topological polar surface area (TPSA) is 78.2 Å². The lowest BCUT2D eigenvalue weighted by Crippen LogP contribution is -2.35. The lowest BCUT2D eigenvalue weighted by Gasteiger charge is -2.32. The molecule has 2 aromatic rings. The number of nitrogens with zero attached hydrogens (tertiary/aromatic N) is 3. The average Bonchev–Trinajstić information content (AvgIpc) is 2.99. The molecule has 0 radical (unpaired) electrons. The van der Waals surface area contributed by atoms with Crippen molar-refractivity contribution in [1.29, 1.82) is 0 Å². The van der Waals surface area contributed by atoms with Gasteiger partial charge in [-0.05, 0) is 44.6 Å². The van der Waals surface area contributed by atoms with Crippen molar-refractivity contribution in [3.05, 3.63) is 39.8 Å². The number of rotatable bonds is 9. The van der Waals surface area contributed by atoms with Crippen LogP contribution in [-0.2, 0) is 13.5 Å². The Balaban J connectivity index is 2.05. The number of amides is 1. The van der Waals surface area contributed by atoms with Crippen LogP contribution in [0.5, 0.6) is 5.75 Å². The molecule has 1 aliphatic rings. The Bertz CT molecular complexity index is 989. The Morgan fingerprint density at radius 2 is 1.97 bits per heavy atom. The SMILES string of the molecule is CCc1nn(-c2cc(OC(C)C3CCC3)c(C(=O)NC(CC)CC)cc2F)c(=O)n1C. The van der Waals surface area contributed by atoms with Crippen molar-refractivity contribution in [2.45, 2.75) is 78.4 Å². The highest BCUT2D eigenvalue weighted by molar-refractivity contribution is 5.97. The summed E-state index contributed by atoms with van der Waals surface area (Å²) in [6.45, 7) is 7.83. The molecule has 1 saturated carbocycles. The minimum Gasteiger partial charge on any atom is -0.490 e. The fourth-order valence-electron chi connectivity index (χ4n) is 3.88. The van der Waals surface area contributed by atoms with Gasteiger partial charge in [-0.3, -0.25) is 9.36 Å². The van der Waals surface area contributed by atoms with Crippen molar-refractivity contribution < 1.29 is 13.9 Å². The number of nitrogens with one attached hydrogen (secondary N) is 1. The van der Waals surface area contributed by atoms with Gasteiger partial charge in [0.15, 0.2) is 0 Å². The fraction of sp³-hybridized carbons (Fsp3) is 0.609. The maximum absolute atomic E-state index is 15.1. The van der Waals surface area contributed by atoms with Gasteiger partial charge in [0.25, 0.3) is 5.91 Å². The molecule has 0 spiro atoms. The van der Waals surface area contributed by atoms with Crippen LogP contribution in [0, 0.1) is 11.7 Å². The molecule has 1 heterocycles. The molecule has 7 nitrogen and oxygen atoms in total. The first kappa shape index (κ1) is 23.0. The second kappa shape index (κ2) is 9.66. The van der Waals surface area contributed by atoms with Crippen LogP contribution in [0.3, 0.4) is 0 Å². The summed E-state index contributed by atoms with van der Waals surface area (Å²) in [4.78, 5) is 25.6. The van der Waals surface area contributed by atoms with Crippen LogP contribution in [0.25, 0.3) is 5.69 Å². The number of hydrogen-bond acceptors (Lipinski definition) is 4. The lowest BCUT2D eigenvalue weighted by atomic mass is 9.82. The molecule has 0 saturated heterocycles. The van der Waals surface area contributed by atoms with Crippen molar-refractivity contribution in [3.8, 4) is 11.4 Å². The first-order valence-corrected chi connectivity index (χ1v) is 11.3. The number of ether oxygens (including phenoxy) is 1. The summed E-state index contributed by atoms with van der Waals surface area (Å²) in [5.74, 6) is 0.159. The van der Waals surface area contributed by atoms with E-state index >= 15 is 4.39 Å². The van der Waals surface area contributed by atoms with Gasteiger partial charge in [-0.2, -0.15) is 4.68 Å². The number of halogens is 1. The number of carbonyl (C=O) groups is 1. The number of carbonyl (C=O) groups excluding carboxylic acids is 1. The van der Waals surface area contributed by atoms with Gasteiger partial charge >= 0.3 is 5.69 Å². The largest absolute Gasteiger partial charge is 0.490 e. The van der Waals surface area contributed by atoms with E-state index in [1.807, 2.05) is 27.7 Å². The lowest BCUT2D eigenvalue weighted by molar-refractivity contribution is 0.0880. The van der Waals surface area contributed by atoms with E-state index in [-0.39, 0.29) is 35.1 Å². The van der Waals surface area contributed by atoms with Gasteiger partial charge < -0.3 is 10.1 Å². The van der Waals surface area contributed by atoms with Crippen LogP contribution < -0.4 is 15.7 Å². The molecule has 1 aliphatic carbocycles. The van der Waals surface area contributed by atoms with Crippen LogP contribution in [0.4, 0.5) is 4.39 Å². The molecule has 1 unspecified atom stereocenters. The molecule has 31 heavy (non-hydrogen) atoms. The predicted octanol–water partition coefficient (Wildman–Crippen LogP) is 3.76. The van der Waals surface area contributed by atoms with E-state index in [1.54, 1.807) is 7.05 Å². The number of aryl methyl sites for hydroxylation is 1. The third kappa shape index (κ3) is 4.67. The molecule has 3 rings (SSSR count). The van der Waals surface area contributed by atoms with Crippen molar-refractivity contribution in [1.82, 2.24) is 19.7 Å². The van der Waals surface area contributed by atoms with Crippen LogP contribution in [-0.4, -0.2) is 32.4 Å². The highest BCUT2D eigenvalue weighted by Crippen LogP contribution is 2.34. The average molecular weight is 433 g/mol. The summed E-state index contributed by atoms with van der Waals surface area (Å²) in [6, 6.07) is 2.58. The molecular weight excluding hydrogens is 399 g/mol. The second-order valence-electron chi connectivity index (χ2n) is 8.32. The molecule has 1 fully saturated rings. The zero-order chi connectivity index (χ0) is 22.7. The molecule has 1 amide bonds. The van der Waals surface area contributed by atoms with E-state index in [9.17, 15) is 9.59 Å².